The topological polar surface area (TPSA) is 90.7 Å². The normalized spacial score (nSPS) is 10.6. The molecule has 0 aliphatic heterocycles. The Morgan fingerprint density at radius 1 is 1.23 bits per heavy atom. The van der Waals surface area contributed by atoms with E-state index >= 15 is 0 Å². The van der Waals surface area contributed by atoms with Gasteiger partial charge in [0.25, 0.3) is 5.69 Å². The molecule has 0 atom stereocenters. The molecule has 0 saturated carbocycles. The van der Waals surface area contributed by atoms with E-state index in [-0.39, 0.29) is 18.1 Å². The molecule has 7 nitrogen and oxygen atoms in total. The summed E-state index contributed by atoms with van der Waals surface area (Å²) in [5, 5.41) is 13.9. The fourth-order valence-electron chi connectivity index (χ4n) is 2.19. The van der Waals surface area contributed by atoms with Gasteiger partial charge in [-0.1, -0.05) is 23.7 Å². The van der Waals surface area contributed by atoms with Crippen molar-refractivity contribution in [2.75, 3.05) is 14.2 Å². The minimum atomic E-state index is -0.490. The molecule has 136 valence electrons. The van der Waals surface area contributed by atoms with Crippen LogP contribution in [-0.4, -0.2) is 25.1 Å². The Bertz CT molecular complexity index is 851. The van der Waals surface area contributed by atoms with Crippen LogP contribution in [0.5, 0.6) is 11.5 Å². The summed E-state index contributed by atoms with van der Waals surface area (Å²) in [4.78, 5) is 22.2. The Labute approximate surface area is 155 Å². The molecule has 0 aromatic heterocycles. The summed E-state index contributed by atoms with van der Waals surface area (Å²) in [5.74, 6) is 0.647. The molecule has 0 saturated heterocycles. The summed E-state index contributed by atoms with van der Waals surface area (Å²) >= 11 is 6.17. The summed E-state index contributed by atoms with van der Waals surface area (Å²) in [6.45, 7) is 0.192. The molecule has 0 heterocycles. The van der Waals surface area contributed by atoms with Gasteiger partial charge in [-0.05, 0) is 23.3 Å². The van der Waals surface area contributed by atoms with Crippen molar-refractivity contribution in [1.82, 2.24) is 5.32 Å². The lowest BCUT2D eigenvalue weighted by Gasteiger charge is -2.11. The maximum Gasteiger partial charge on any atom is 0.270 e. The zero-order valence-corrected chi connectivity index (χ0v) is 14.9. The van der Waals surface area contributed by atoms with E-state index in [1.54, 1.807) is 24.3 Å². The van der Waals surface area contributed by atoms with E-state index in [2.05, 4.69) is 5.32 Å². The number of benzene rings is 2. The van der Waals surface area contributed by atoms with Gasteiger partial charge in [-0.15, -0.1) is 0 Å². The predicted octanol–water partition coefficient (Wildman–Crippen LogP) is 3.60. The maximum absolute atomic E-state index is 12.0. The lowest BCUT2D eigenvalue weighted by Crippen LogP contribution is -2.20. The molecule has 2 aromatic rings. The van der Waals surface area contributed by atoms with Crippen molar-refractivity contribution in [2.45, 2.75) is 6.54 Å². The van der Waals surface area contributed by atoms with E-state index in [0.717, 1.165) is 0 Å². The first kappa shape index (κ1) is 19.3. The molecule has 1 amide bonds. The van der Waals surface area contributed by atoms with E-state index < -0.39 is 4.92 Å². The number of amides is 1. The third-order valence-corrected chi connectivity index (χ3v) is 3.87. The summed E-state index contributed by atoms with van der Waals surface area (Å²) in [7, 11) is 3.02. The quantitative estimate of drug-likeness (QED) is 0.453. The third-order valence-electron chi connectivity index (χ3n) is 3.51. The summed E-state index contributed by atoms with van der Waals surface area (Å²) in [6.07, 6.45) is 2.80. The standard InChI is InChI=1S/C18H17ClN2O5/c1-25-16-9-13(15(19)10-17(16)26-2)11-20-18(22)7-6-12-4-3-5-14(8-12)21(23)24/h3-10H,11H2,1-2H3,(H,20,22)/b7-6+. The molecule has 0 spiro atoms. The number of halogens is 1. The van der Waals surface area contributed by atoms with E-state index in [0.29, 0.717) is 27.6 Å². The molecule has 2 aromatic carbocycles. The molecule has 26 heavy (non-hydrogen) atoms. The number of carbonyl (C=O) groups is 1. The van der Waals surface area contributed by atoms with Crippen molar-refractivity contribution in [2.24, 2.45) is 0 Å². The van der Waals surface area contributed by atoms with Gasteiger partial charge in [0.15, 0.2) is 11.5 Å². The van der Waals surface area contributed by atoms with Crippen LogP contribution in [0.2, 0.25) is 5.02 Å². The van der Waals surface area contributed by atoms with Crippen molar-refractivity contribution in [3.63, 3.8) is 0 Å². The number of hydrogen-bond acceptors (Lipinski definition) is 5. The van der Waals surface area contributed by atoms with Crippen molar-refractivity contribution >= 4 is 29.3 Å². The number of nitrogens with one attached hydrogen (secondary N) is 1. The van der Waals surface area contributed by atoms with Crippen LogP contribution in [0, 0.1) is 10.1 Å². The monoisotopic (exact) mass is 376 g/mol. The van der Waals surface area contributed by atoms with Crippen LogP contribution >= 0.6 is 11.6 Å². The Balaban J connectivity index is 2.03. The summed E-state index contributed by atoms with van der Waals surface area (Å²) in [5.41, 5.74) is 1.18. The molecule has 0 unspecified atom stereocenters. The van der Waals surface area contributed by atoms with Crippen molar-refractivity contribution in [3.05, 3.63) is 68.7 Å². The van der Waals surface area contributed by atoms with E-state index in [9.17, 15) is 14.9 Å². The maximum atomic E-state index is 12.0. The van der Waals surface area contributed by atoms with Crippen LogP contribution in [0.4, 0.5) is 5.69 Å². The molecule has 0 bridgehead atoms. The lowest BCUT2D eigenvalue weighted by molar-refractivity contribution is -0.384. The van der Waals surface area contributed by atoms with Crippen molar-refractivity contribution in [1.29, 1.82) is 0 Å². The van der Waals surface area contributed by atoms with E-state index in [4.69, 9.17) is 21.1 Å². The highest BCUT2D eigenvalue weighted by Gasteiger charge is 2.10. The minimum absolute atomic E-state index is 0.0373. The number of ether oxygens (including phenoxy) is 2. The Morgan fingerprint density at radius 2 is 1.92 bits per heavy atom. The summed E-state index contributed by atoms with van der Waals surface area (Å²) in [6, 6.07) is 9.29. The Morgan fingerprint density at radius 3 is 2.58 bits per heavy atom. The largest absolute Gasteiger partial charge is 0.493 e. The average Bonchev–Trinajstić information content (AvgIpc) is 2.65. The lowest BCUT2D eigenvalue weighted by atomic mass is 10.2. The SMILES string of the molecule is COc1cc(Cl)c(CNC(=O)/C=C/c2cccc([N+](=O)[O-])c2)cc1OC. The number of nitrogens with zero attached hydrogens (tertiary/aromatic N) is 1. The van der Waals surface area contributed by atoms with Gasteiger partial charge in [0.1, 0.15) is 0 Å². The highest BCUT2D eigenvalue weighted by Crippen LogP contribution is 2.32. The van der Waals surface area contributed by atoms with Gasteiger partial charge in [0.05, 0.1) is 19.1 Å². The first-order valence-electron chi connectivity index (χ1n) is 7.55. The van der Waals surface area contributed by atoms with Crippen LogP contribution in [0.15, 0.2) is 42.5 Å². The van der Waals surface area contributed by atoms with Gasteiger partial charge >= 0.3 is 0 Å². The van der Waals surface area contributed by atoms with E-state index in [1.807, 2.05) is 0 Å². The van der Waals surface area contributed by atoms with Crippen LogP contribution < -0.4 is 14.8 Å². The van der Waals surface area contributed by atoms with Gasteiger partial charge in [-0.3, -0.25) is 14.9 Å². The number of non-ortho nitro benzene ring substituents is 1. The van der Waals surface area contributed by atoms with Gasteiger partial charge < -0.3 is 14.8 Å². The predicted molar refractivity (Wildman–Crippen MR) is 98.5 cm³/mol. The molecule has 2 rings (SSSR count). The van der Waals surface area contributed by atoms with Gasteiger partial charge in [0, 0.05) is 35.8 Å². The Kier molecular flexibility index (Phi) is 6.57. The van der Waals surface area contributed by atoms with Crippen molar-refractivity contribution in [3.8, 4) is 11.5 Å². The smallest absolute Gasteiger partial charge is 0.270 e. The minimum Gasteiger partial charge on any atom is -0.493 e. The second-order valence-electron chi connectivity index (χ2n) is 5.20. The number of carbonyl (C=O) groups excluding carboxylic acids is 1. The molecule has 0 fully saturated rings. The highest BCUT2D eigenvalue weighted by molar-refractivity contribution is 6.31. The molecule has 1 N–H and O–H groups in total. The Hall–Kier alpha value is -3.06. The average molecular weight is 377 g/mol. The fraction of sp³-hybridized carbons (Fsp3) is 0.167. The number of nitro groups is 1. The second kappa shape index (κ2) is 8.87. The molecule has 0 radical (unpaired) electrons. The number of methoxy groups -OCH3 is 2. The van der Waals surface area contributed by atoms with Crippen LogP contribution in [-0.2, 0) is 11.3 Å². The molecule has 8 heteroatoms. The molecular formula is C18H17ClN2O5. The fourth-order valence-corrected chi connectivity index (χ4v) is 2.41. The van der Waals surface area contributed by atoms with Crippen LogP contribution in [0.3, 0.4) is 0 Å². The number of hydrogen-bond donors (Lipinski definition) is 1. The third kappa shape index (κ3) is 4.97. The number of rotatable bonds is 7. The molecule has 0 aliphatic carbocycles. The van der Waals surface area contributed by atoms with E-state index in [1.165, 1.54) is 38.5 Å². The summed E-state index contributed by atoms with van der Waals surface area (Å²) < 4.78 is 10.4. The zero-order valence-electron chi connectivity index (χ0n) is 14.2. The second-order valence-corrected chi connectivity index (χ2v) is 5.61. The van der Waals surface area contributed by atoms with Crippen LogP contribution in [0.1, 0.15) is 11.1 Å². The molecular weight excluding hydrogens is 360 g/mol. The molecule has 0 aliphatic rings. The van der Waals surface area contributed by atoms with Crippen LogP contribution in [0.25, 0.3) is 6.08 Å². The first-order valence-corrected chi connectivity index (χ1v) is 7.93. The zero-order chi connectivity index (χ0) is 19.1. The van der Waals surface area contributed by atoms with Crippen molar-refractivity contribution < 1.29 is 19.2 Å². The first-order chi connectivity index (χ1) is 12.4. The number of nitro benzene ring substituents is 1. The van der Waals surface area contributed by atoms with Gasteiger partial charge in [-0.2, -0.15) is 0 Å². The van der Waals surface area contributed by atoms with Gasteiger partial charge in [0.2, 0.25) is 5.91 Å². The highest BCUT2D eigenvalue weighted by atomic mass is 35.5. The van der Waals surface area contributed by atoms with Gasteiger partial charge in [-0.25, -0.2) is 0 Å².